The molecule has 0 atom stereocenters. The Morgan fingerprint density at radius 2 is 1.12 bits per heavy atom. The second kappa shape index (κ2) is 8.37. The number of hydrogen-bond acceptors (Lipinski definition) is 4. The second-order valence-electron chi connectivity index (χ2n) is 0.447. The van der Waals surface area contributed by atoms with Crippen molar-refractivity contribution >= 4 is 48.2 Å². The average Bonchev–Trinajstić information content (AvgIpc) is 0.722. The fourth-order valence-corrected chi connectivity index (χ4v) is 0. The quantitative estimate of drug-likeness (QED) is 0.265. The molecule has 40 valence electrons. The Bertz CT molecular complexity index is 58.6. The van der Waals surface area contributed by atoms with Crippen LogP contribution in [-0.2, 0) is 4.57 Å². The van der Waals surface area contributed by atoms with Crippen molar-refractivity contribution in [2.45, 2.75) is 0 Å². The zero-order chi connectivity index (χ0) is 4.50. The molecule has 0 unspecified atom stereocenters. The average molecular weight is 164 g/mol. The molecule has 8 heteroatoms. The van der Waals surface area contributed by atoms with Gasteiger partial charge in [0.25, 0.3) is 0 Å². The van der Waals surface area contributed by atoms with E-state index in [1.54, 1.807) is 0 Å². The third kappa shape index (κ3) is 160. The molecule has 0 aromatic carbocycles. The third-order valence-electron chi connectivity index (χ3n) is 0. The summed E-state index contributed by atoms with van der Waals surface area (Å²) in [5.74, 6) is 0. The first-order valence-electron chi connectivity index (χ1n) is 0.730. The zero-order valence-electron chi connectivity index (χ0n) is 3.86. The van der Waals surface area contributed by atoms with Crippen LogP contribution in [0.1, 0.15) is 0 Å². The van der Waals surface area contributed by atoms with E-state index in [4.69, 9.17) is 19.2 Å². The number of phosphoric acid groups is 1. The van der Waals surface area contributed by atoms with Gasteiger partial charge in [-0.3, -0.25) is 0 Å². The van der Waals surface area contributed by atoms with Crippen LogP contribution in [0, 0.1) is 0 Å². The molecular formula is H2AlMgO5P+2. The fraction of sp³-hybridized carbons (Fsp3) is 0. The zero-order valence-corrected chi connectivity index (χ0v) is 7.33. The summed E-state index contributed by atoms with van der Waals surface area (Å²) in [7, 11) is -5.39. The Morgan fingerprint density at radius 3 is 1.12 bits per heavy atom. The molecule has 0 spiro atoms. The van der Waals surface area contributed by atoms with Crippen molar-refractivity contribution in [2.24, 2.45) is 0 Å². The molecule has 5 nitrogen and oxygen atoms in total. The third-order valence-corrected chi connectivity index (χ3v) is 0. The number of hydrogen-bond donors (Lipinski definition) is 0. The van der Waals surface area contributed by atoms with E-state index in [-0.39, 0.29) is 45.9 Å². The molecule has 8 heavy (non-hydrogen) atoms. The van der Waals surface area contributed by atoms with Crippen LogP contribution in [0.5, 0.6) is 0 Å². The van der Waals surface area contributed by atoms with Gasteiger partial charge in [0.05, 0.1) is 0 Å². The molecule has 2 N–H and O–H groups in total. The topological polar surface area (TPSA) is 118 Å². The van der Waals surface area contributed by atoms with Crippen LogP contribution in [0.2, 0.25) is 0 Å². The molecule has 0 saturated heterocycles. The Balaban J connectivity index is -0.0000000267. The smallest absolute Gasteiger partial charge is 0.822 e. The monoisotopic (exact) mass is 164 g/mol. The van der Waals surface area contributed by atoms with Crippen molar-refractivity contribution in [1.82, 2.24) is 0 Å². The molecule has 0 aliphatic heterocycles. The van der Waals surface area contributed by atoms with Gasteiger partial charge in [-0.2, -0.15) is 7.82 Å². The summed E-state index contributed by atoms with van der Waals surface area (Å²) in [6.07, 6.45) is 0. The summed E-state index contributed by atoms with van der Waals surface area (Å²) >= 11 is 0. The predicted octanol–water partition coefficient (Wildman–Crippen LogP) is -4.41. The van der Waals surface area contributed by atoms with Crippen LogP contribution in [0.3, 0.4) is 0 Å². The minimum absolute atomic E-state index is 0. The van der Waals surface area contributed by atoms with Crippen molar-refractivity contribution < 1.29 is 24.7 Å². The van der Waals surface area contributed by atoms with E-state index in [0.29, 0.717) is 0 Å². The summed E-state index contributed by atoms with van der Waals surface area (Å²) < 4.78 is 8.55. The van der Waals surface area contributed by atoms with E-state index in [2.05, 4.69) is 0 Å². The largest absolute Gasteiger partial charge is 3.00 e. The minimum Gasteiger partial charge on any atom is -0.822 e. The van der Waals surface area contributed by atoms with Gasteiger partial charge in [-0.1, -0.05) is 0 Å². The Morgan fingerprint density at radius 1 is 1.12 bits per heavy atom. The Kier molecular flexibility index (Phi) is 23.8. The molecule has 0 aliphatic carbocycles. The van der Waals surface area contributed by atoms with Gasteiger partial charge >= 0.3 is 40.4 Å². The van der Waals surface area contributed by atoms with Crippen molar-refractivity contribution in [1.29, 1.82) is 0 Å². The summed E-state index contributed by atoms with van der Waals surface area (Å²) in [5.41, 5.74) is 0. The molecule has 0 saturated carbocycles. The van der Waals surface area contributed by atoms with Gasteiger partial charge in [-0.15, -0.1) is 0 Å². The Labute approximate surface area is 72.9 Å². The molecule has 0 aromatic rings. The van der Waals surface area contributed by atoms with Crippen molar-refractivity contribution in [3.63, 3.8) is 0 Å². The summed E-state index contributed by atoms with van der Waals surface area (Å²) in [5, 5.41) is 0. The van der Waals surface area contributed by atoms with Gasteiger partial charge in [0, 0.05) is 0 Å². The van der Waals surface area contributed by atoms with Crippen LogP contribution in [-0.4, -0.2) is 45.9 Å². The van der Waals surface area contributed by atoms with Gasteiger partial charge in [0.2, 0.25) is 0 Å². The first kappa shape index (κ1) is 22.8. The molecule has 0 amide bonds. The van der Waals surface area contributed by atoms with Crippen molar-refractivity contribution in [2.75, 3.05) is 0 Å². The van der Waals surface area contributed by atoms with Crippen LogP contribution in [0.25, 0.3) is 0 Å². The van der Waals surface area contributed by atoms with E-state index >= 15 is 0 Å². The normalized spacial score (nSPS) is 7.38. The fourth-order valence-electron chi connectivity index (χ4n) is 0. The van der Waals surface area contributed by atoms with E-state index < -0.39 is 7.82 Å². The molecular weight excluding hydrogens is 162 g/mol. The van der Waals surface area contributed by atoms with Gasteiger partial charge in [-0.05, 0) is 0 Å². The SMILES string of the molecule is O.O=P([O-])([O-])[O-].[Al+3].[Mg+2]. The van der Waals surface area contributed by atoms with Crippen LogP contribution >= 0.6 is 7.82 Å². The first-order valence-corrected chi connectivity index (χ1v) is 2.19. The second-order valence-corrected chi connectivity index (χ2v) is 1.34. The first-order chi connectivity index (χ1) is 2.00. The van der Waals surface area contributed by atoms with Crippen molar-refractivity contribution in [3.8, 4) is 0 Å². The molecule has 0 fully saturated rings. The summed E-state index contributed by atoms with van der Waals surface area (Å²) in [6.45, 7) is 0. The van der Waals surface area contributed by atoms with E-state index in [1.807, 2.05) is 0 Å². The molecule has 0 rings (SSSR count). The molecule has 0 aromatic heterocycles. The molecule has 0 aliphatic rings. The van der Waals surface area contributed by atoms with Gasteiger partial charge in [-0.25, -0.2) is 0 Å². The number of rotatable bonds is 0. The van der Waals surface area contributed by atoms with E-state index in [0.717, 1.165) is 0 Å². The van der Waals surface area contributed by atoms with Gasteiger partial charge in [0.1, 0.15) is 0 Å². The van der Waals surface area contributed by atoms with Crippen LogP contribution < -0.4 is 14.7 Å². The molecule has 0 heterocycles. The van der Waals surface area contributed by atoms with E-state index in [1.165, 1.54) is 0 Å². The van der Waals surface area contributed by atoms with E-state index in [9.17, 15) is 0 Å². The molecule has 0 bridgehead atoms. The summed E-state index contributed by atoms with van der Waals surface area (Å²) in [6, 6.07) is 0. The molecule has 0 radical (unpaired) electrons. The van der Waals surface area contributed by atoms with Gasteiger partial charge in [0.15, 0.2) is 0 Å². The van der Waals surface area contributed by atoms with Crippen LogP contribution in [0.15, 0.2) is 0 Å². The maximum absolute atomic E-state index is 8.55. The Hall–Kier alpha value is 1.37. The van der Waals surface area contributed by atoms with Crippen LogP contribution in [0.4, 0.5) is 0 Å². The van der Waals surface area contributed by atoms with Crippen molar-refractivity contribution in [3.05, 3.63) is 0 Å². The standard InChI is InChI=1S/Al.Mg.H3O4P.H2O/c;;1-5(2,3)4;/h;;(H3,1,2,3,4);1H2/q+3;+2;;/p-3. The minimum atomic E-state index is -5.39. The summed E-state index contributed by atoms with van der Waals surface area (Å²) in [4.78, 5) is 25.6. The predicted molar refractivity (Wildman–Crippen MR) is 22.7 cm³/mol. The maximum Gasteiger partial charge on any atom is 3.00 e. The van der Waals surface area contributed by atoms with Gasteiger partial charge < -0.3 is 24.7 Å². The maximum atomic E-state index is 8.55.